The SMILES string of the molecule is Cc1cc(C(=O)Nc2ccc(S(=O)(=O)N(C)C3CCCCC3)cc2)on1. The number of nitrogens with zero attached hydrogens (tertiary/aromatic N) is 2. The Kier molecular flexibility index (Phi) is 5.43. The zero-order valence-corrected chi connectivity index (χ0v) is 15.8. The van der Waals surface area contributed by atoms with Gasteiger partial charge < -0.3 is 9.84 Å². The Morgan fingerprint density at radius 3 is 2.42 bits per heavy atom. The lowest BCUT2D eigenvalue weighted by molar-refractivity contribution is 0.0988. The standard InChI is InChI=1S/C18H23N3O4S/c1-13-12-17(25-20-13)18(22)19-14-8-10-16(11-9-14)26(23,24)21(2)15-6-4-3-5-7-15/h8-12,15H,3-7H2,1-2H3,(H,19,22). The molecule has 0 spiro atoms. The van der Waals surface area contributed by atoms with Crippen LogP contribution in [0.2, 0.25) is 0 Å². The van der Waals surface area contributed by atoms with E-state index < -0.39 is 15.9 Å². The minimum absolute atomic E-state index is 0.0582. The average Bonchev–Trinajstić information content (AvgIpc) is 3.09. The van der Waals surface area contributed by atoms with Crippen molar-refractivity contribution in [2.75, 3.05) is 12.4 Å². The fourth-order valence-electron chi connectivity index (χ4n) is 3.18. The molecule has 7 nitrogen and oxygen atoms in total. The van der Waals surface area contributed by atoms with E-state index in [9.17, 15) is 13.2 Å². The number of anilines is 1. The number of benzene rings is 1. The molecule has 0 aliphatic heterocycles. The molecule has 3 rings (SSSR count). The van der Waals surface area contributed by atoms with Gasteiger partial charge in [0.1, 0.15) is 0 Å². The maximum atomic E-state index is 12.8. The van der Waals surface area contributed by atoms with E-state index in [4.69, 9.17) is 4.52 Å². The van der Waals surface area contributed by atoms with Crippen molar-refractivity contribution in [3.8, 4) is 0 Å². The number of carbonyl (C=O) groups excluding carboxylic acids is 1. The summed E-state index contributed by atoms with van der Waals surface area (Å²) in [5.41, 5.74) is 1.10. The molecule has 1 saturated carbocycles. The van der Waals surface area contributed by atoms with Gasteiger partial charge in [-0.3, -0.25) is 4.79 Å². The summed E-state index contributed by atoms with van der Waals surface area (Å²) in [4.78, 5) is 12.3. The molecule has 2 aromatic rings. The molecular formula is C18H23N3O4S. The molecule has 0 unspecified atom stereocenters. The first kappa shape index (κ1) is 18.6. The molecule has 0 saturated heterocycles. The van der Waals surface area contributed by atoms with Gasteiger partial charge >= 0.3 is 0 Å². The van der Waals surface area contributed by atoms with Crippen molar-refractivity contribution in [2.45, 2.75) is 50.0 Å². The van der Waals surface area contributed by atoms with E-state index in [0.717, 1.165) is 25.7 Å². The van der Waals surface area contributed by atoms with Crippen LogP contribution in [-0.4, -0.2) is 36.9 Å². The van der Waals surface area contributed by atoms with Crippen LogP contribution in [0.15, 0.2) is 39.8 Å². The largest absolute Gasteiger partial charge is 0.351 e. The Hall–Kier alpha value is -2.19. The highest BCUT2D eigenvalue weighted by molar-refractivity contribution is 7.89. The van der Waals surface area contributed by atoms with Crippen LogP contribution in [0, 0.1) is 6.92 Å². The Balaban J connectivity index is 1.70. The zero-order chi connectivity index (χ0) is 18.7. The number of aryl methyl sites for hydroxylation is 1. The molecule has 1 fully saturated rings. The van der Waals surface area contributed by atoms with E-state index in [1.165, 1.54) is 28.9 Å². The molecule has 0 atom stereocenters. The summed E-state index contributed by atoms with van der Waals surface area (Å²) in [6, 6.07) is 7.76. The van der Waals surface area contributed by atoms with Crippen molar-refractivity contribution in [1.29, 1.82) is 0 Å². The van der Waals surface area contributed by atoms with E-state index in [1.54, 1.807) is 26.1 Å². The second-order valence-corrected chi connectivity index (χ2v) is 8.62. The monoisotopic (exact) mass is 377 g/mol. The minimum Gasteiger partial charge on any atom is -0.351 e. The van der Waals surface area contributed by atoms with E-state index in [1.807, 2.05) is 0 Å². The third kappa shape index (κ3) is 3.96. The number of rotatable bonds is 5. The van der Waals surface area contributed by atoms with Gasteiger partial charge in [-0.1, -0.05) is 24.4 Å². The predicted octanol–water partition coefficient (Wildman–Crippen LogP) is 3.19. The van der Waals surface area contributed by atoms with Crippen LogP contribution >= 0.6 is 0 Å². The summed E-state index contributed by atoms with van der Waals surface area (Å²) < 4.78 is 32.0. The molecule has 1 aromatic heterocycles. The summed E-state index contributed by atoms with van der Waals surface area (Å²) in [7, 11) is -1.89. The van der Waals surface area contributed by atoms with Crippen LogP contribution in [0.4, 0.5) is 5.69 Å². The van der Waals surface area contributed by atoms with E-state index in [2.05, 4.69) is 10.5 Å². The number of nitrogens with one attached hydrogen (secondary N) is 1. The predicted molar refractivity (Wildman–Crippen MR) is 97.5 cm³/mol. The summed E-state index contributed by atoms with van der Waals surface area (Å²) in [6.45, 7) is 1.72. The van der Waals surface area contributed by atoms with E-state index in [-0.39, 0.29) is 16.7 Å². The normalized spacial score (nSPS) is 16.0. The maximum Gasteiger partial charge on any atom is 0.294 e. The molecule has 140 valence electrons. The van der Waals surface area contributed by atoms with Crippen molar-refractivity contribution in [2.24, 2.45) is 0 Å². The number of hydrogen-bond donors (Lipinski definition) is 1. The summed E-state index contributed by atoms with van der Waals surface area (Å²) in [6.07, 6.45) is 5.11. The van der Waals surface area contributed by atoms with Gasteiger partial charge in [0.2, 0.25) is 15.8 Å². The van der Waals surface area contributed by atoms with Gasteiger partial charge in [0.15, 0.2) is 0 Å². The second kappa shape index (κ2) is 7.59. The lowest BCUT2D eigenvalue weighted by Gasteiger charge is -2.30. The fraction of sp³-hybridized carbons (Fsp3) is 0.444. The molecule has 8 heteroatoms. The number of aromatic nitrogens is 1. The topological polar surface area (TPSA) is 92.5 Å². The van der Waals surface area contributed by atoms with Gasteiger partial charge in [-0.05, 0) is 44.0 Å². The number of amides is 1. The highest BCUT2D eigenvalue weighted by atomic mass is 32.2. The van der Waals surface area contributed by atoms with Crippen LogP contribution in [0.1, 0.15) is 48.4 Å². The van der Waals surface area contributed by atoms with Crippen LogP contribution in [0.3, 0.4) is 0 Å². The van der Waals surface area contributed by atoms with Gasteiger partial charge in [-0.25, -0.2) is 8.42 Å². The van der Waals surface area contributed by atoms with Gasteiger partial charge in [0, 0.05) is 24.8 Å². The molecule has 1 aromatic carbocycles. The van der Waals surface area contributed by atoms with Crippen LogP contribution in [-0.2, 0) is 10.0 Å². The number of sulfonamides is 1. The first-order valence-electron chi connectivity index (χ1n) is 8.71. The van der Waals surface area contributed by atoms with Gasteiger partial charge in [0.25, 0.3) is 5.91 Å². The fourth-order valence-corrected chi connectivity index (χ4v) is 4.60. The molecular weight excluding hydrogens is 354 g/mol. The molecule has 0 radical (unpaired) electrons. The zero-order valence-electron chi connectivity index (χ0n) is 14.9. The minimum atomic E-state index is -3.54. The Labute approximate surface area is 153 Å². The lowest BCUT2D eigenvalue weighted by atomic mass is 9.96. The highest BCUT2D eigenvalue weighted by Crippen LogP contribution is 2.27. The van der Waals surface area contributed by atoms with Crippen molar-refractivity contribution in [1.82, 2.24) is 9.46 Å². The van der Waals surface area contributed by atoms with Crippen molar-refractivity contribution >= 4 is 21.6 Å². The summed E-state index contributed by atoms with van der Waals surface area (Å²) in [5.74, 6) is -0.322. The molecule has 1 heterocycles. The summed E-state index contributed by atoms with van der Waals surface area (Å²) in [5, 5.41) is 6.33. The highest BCUT2D eigenvalue weighted by Gasteiger charge is 2.29. The molecule has 1 aliphatic carbocycles. The molecule has 1 N–H and O–H groups in total. The first-order chi connectivity index (χ1) is 12.4. The third-order valence-electron chi connectivity index (χ3n) is 4.73. The molecule has 26 heavy (non-hydrogen) atoms. The van der Waals surface area contributed by atoms with Gasteiger partial charge in [0.05, 0.1) is 10.6 Å². The van der Waals surface area contributed by atoms with Crippen LogP contribution in [0.25, 0.3) is 0 Å². The van der Waals surface area contributed by atoms with Crippen molar-refractivity contribution < 1.29 is 17.7 Å². The number of hydrogen-bond acceptors (Lipinski definition) is 5. The van der Waals surface area contributed by atoms with Crippen LogP contribution in [0.5, 0.6) is 0 Å². The molecule has 1 amide bonds. The van der Waals surface area contributed by atoms with E-state index >= 15 is 0 Å². The molecule has 1 aliphatic rings. The third-order valence-corrected chi connectivity index (χ3v) is 6.65. The lowest BCUT2D eigenvalue weighted by Crippen LogP contribution is -2.38. The Morgan fingerprint density at radius 2 is 1.85 bits per heavy atom. The molecule has 0 bridgehead atoms. The first-order valence-corrected chi connectivity index (χ1v) is 10.1. The maximum absolute atomic E-state index is 12.8. The van der Waals surface area contributed by atoms with Crippen LogP contribution < -0.4 is 5.32 Å². The van der Waals surface area contributed by atoms with Gasteiger partial charge in [-0.15, -0.1) is 0 Å². The Morgan fingerprint density at radius 1 is 1.19 bits per heavy atom. The Bertz CT molecular complexity index is 868. The smallest absolute Gasteiger partial charge is 0.294 e. The quantitative estimate of drug-likeness (QED) is 0.864. The second-order valence-electron chi connectivity index (χ2n) is 6.62. The number of carbonyl (C=O) groups is 1. The van der Waals surface area contributed by atoms with Gasteiger partial charge in [-0.2, -0.15) is 4.31 Å². The van der Waals surface area contributed by atoms with Crippen molar-refractivity contribution in [3.05, 3.63) is 41.8 Å². The van der Waals surface area contributed by atoms with E-state index in [0.29, 0.717) is 11.4 Å². The van der Waals surface area contributed by atoms with Crippen molar-refractivity contribution in [3.63, 3.8) is 0 Å². The summed E-state index contributed by atoms with van der Waals surface area (Å²) >= 11 is 0. The average molecular weight is 377 g/mol.